The fourth-order valence-electron chi connectivity index (χ4n) is 2.06. The quantitative estimate of drug-likeness (QED) is 0.583. The fourth-order valence-corrected chi connectivity index (χ4v) is 2.06. The van der Waals surface area contributed by atoms with Gasteiger partial charge in [-0.2, -0.15) is 0 Å². The largest absolute Gasteiger partial charge is 0.457 e. The molecule has 0 amide bonds. The van der Waals surface area contributed by atoms with Gasteiger partial charge in [-0.05, 0) is 26.3 Å². The van der Waals surface area contributed by atoms with Crippen LogP contribution in [-0.2, 0) is 9.53 Å². The summed E-state index contributed by atoms with van der Waals surface area (Å²) in [5.74, 6) is -1.96. The van der Waals surface area contributed by atoms with Crippen LogP contribution < -0.4 is 0 Å². The Bertz CT molecular complexity index is 543. The van der Waals surface area contributed by atoms with Crippen molar-refractivity contribution in [2.45, 2.75) is 38.1 Å². The zero-order valence-electron chi connectivity index (χ0n) is 11.0. The molecule has 0 heterocycles. The summed E-state index contributed by atoms with van der Waals surface area (Å²) < 4.78 is 5.03. The number of hydrogen-bond donors (Lipinski definition) is 2. The highest BCUT2D eigenvalue weighted by Crippen LogP contribution is 2.40. The minimum Gasteiger partial charge on any atom is -0.457 e. The minimum absolute atomic E-state index is 0.142. The van der Waals surface area contributed by atoms with Crippen molar-refractivity contribution in [3.8, 4) is 0 Å². The number of carbonyl (C=O) groups is 2. The molecule has 2 unspecified atom stereocenters. The lowest BCUT2D eigenvalue weighted by molar-refractivity contribution is -0.180. The number of ketones is 1. The molecular weight excluding hydrogens is 248 g/mol. The SMILES string of the molecule is CC(C)(C)OC(=O)C1(O)C(=O)c2ccccc2C1O. The standard InChI is InChI=1S/C14H16O5/c1-13(2,3)19-12(17)14(18)10(15)8-6-4-5-7-9(8)11(14)16/h4-7,10,15,18H,1-3H3. The molecule has 2 atom stereocenters. The van der Waals surface area contributed by atoms with Crippen LogP contribution in [0.4, 0.5) is 0 Å². The maximum absolute atomic E-state index is 12.1. The van der Waals surface area contributed by atoms with Gasteiger partial charge in [0.25, 0.3) is 5.60 Å². The number of fused-ring (bicyclic) bond motifs is 1. The average molecular weight is 264 g/mol. The summed E-state index contributed by atoms with van der Waals surface area (Å²) in [4.78, 5) is 24.2. The number of ether oxygens (including phenoxy) is 1. The van der Waals surface area contributed by atoms with Crippen LogP contribution in [0.1, 0.15) is 42.8 Å². The molecule has 0 bridgehead atoms. The molecule has 0 fully saturated rings. The Labute approximate surface area is 110 Å². The smallest absolute Gasteiger partial charge is 0.350 e. The highest BCUT2D eigenvalue weighted by molar-refractivity contribution is 6.19. The summed E-state index contributed by atoms with van der Waals surface area (Å²) in [5.41, 5.74) is -3.04. The van der Waals surface area contributed by atoms with Crippen LogP contribution in [0.2, 0.25) is 0 Å². The predicted molar refractivity (Wildman–Crippen MR) is 66.5 cm³/mol. The van der Waals surface area contributed by atoms with Gasteiger partial charge in [0.05, 0.1) is 0 Å². The average Bonchev–Trinajstić information content (AvgIpc) is 2.51. The van der Waals surface area contributed by atoms with Gasteiger partial charge in [-0.25, -0.2) is 4.79 Å². The highest BCUT2D eigenvalue weighted by Gasteiger charge is 2.59. The number of hydrogen-bond acceptors (Lipinski definition) is 5. The maximum Gasteiger partial charge on any atom is 0.350 e. The van der Waals surface area contributed by atoms with Gasteiger partial charge in [0, 0.05) is 5.56 Å². The van der Waals surface area contributed by atoms with Gasteiger partial charge in [-0.3, -0.25) is 4.79 Å². The molecule has 102 valence electrons. The van der Waals surface area contributed by atoms with Crippen LogP contribution in [0.5, 0.6) is 0 Å². The van der Waals surface area contributed by atoms with E-state index in [1.807, 2.05) is 0 Å². The first-order valence-corrected chi connectivity index (χ1v) is 5.95. The maximum atomic E-state index is 12.1. The van der Waals surface area contributed by atoms with Crippen LogP contribution in [-0.4, -0.2) is 33.2 Å². The lowest BCUT2D eigenvalue weighted by Gasteiger charge is -2.28. The second-order valence-electron chi connectivity index (χ2n) is 5.59. The molecule has 2 rings (SSSR count). The Morgan fingerprint density at radius 3 is 2.42 bits per heavy atom. The van der Waals surface area contributed by atoms with Crippen molar-refractivity contribution in [3.05, 3.63) is 35.4 Å². The molecule has 1 aromatic rings. The lowest BCUT2D eigenvalue weighted by Crippen LogP contribution is -2.50. The van der Waals surface area contributed by atoms with E-state index in [1.54, 1.807) is 32.9 Å². The van der Waals surface area contributed by atoms with E-state index in [9.17, 15) is 19.8 Å². The van der Waals surface area contributed by atoms with Crippen molar-refractivity contribution in [1.29, 1.82) is 0 Å². The Morgan fingerprint density at radius 2 is 1.89 bits per heavy atom. The summed E-state index contributed by atoms with van der Waals surface area (Å²) >= 11 is 0. The third-order valence-electron chi connectivity index (χ3n) is 2.95. The van der Waals surface area contributed by atoms with E-state index in [0.29, 0.717) is 0 Å². The van der Waals surface area contributed by atoms with Gasteiger partial charge in [0.1, 0.15) is 11.7 Å². The summed E-state index contributed by atoms with van der Waals surface area (Å²) in [7, 11) is 0. The van der Waals surface area contributed by atoms with Crippen LogP contribution in [0.25, 0.3) is 0 Å². The first-order chi connectivity index (χ1) is 8.68. The van der Waals surface area contributed by atoms with Gasteiger partial charge in [0.2, 0.25) is 5.78 Å². The van der Waals surface area contributed by atoms with E-state index in [4.69, 9.17) is 4.74 Å². The first kappa shape index (κ1) is 13.7. The van der Waals surface area contributed by atoms with Crippen LogP contribution in [0.15, 0.2) is 24.3 Å². The van der Waals surface area contributed by atoms with Crippen molar-refractivity contribution in [1.82, 2.24) is 0 Å². The Hall–Kier alpha value is -1.72. The normalized spacial score (nSPS) is 26.2. The van der Waals surface area contributed by atoms with Crippen LogP contribution in [0, 0.1) is 0 Å². The second kappa shape index (κ2) is 4.15. The number of Topliss-reactive ketones (excluding diaryl/α,β-unsaturated/α-hetero) is 1. The highest BCUT2D eigenvalue weighted by atomic mass is 16.6. The molecule has 0 radical (unpaired) electrons. The minimum atomic E-state index is -2.56. The molecule has 0 saturated heterocycles. The van der Waals surface area contributed by atoms with Gasteiger partial charge in [-0.1, -0.05) is 24.3 Å². The number of aliphatic hydroxyl groups is 2. The van der Waals surface area contributed by atoms with E-state index < -0.39 is 29.1 Å². The second-order valence-corrected chi connectivity index (χ2v) is 5.59. The molecule has 19 heavy (non-hydrogen) atoms. The number of rotatable bonds is 1. The molecule has 0 spiro atoms. The summed E-state index contributed by atoms with van der Waals surface area (Å²) in [6, 6.07) is 6.18. The Kier molecular flexibility index (Phi) is 2.99. The molecule has 0 aliphatic heterocycles. The number of aliphatic hydroxyl groups excluding tert-OH is 1. The van der Waals surface area contributed by atoms with E-state index in [-0.39, 0.29) is 11.1 Å². The van der Waals surface area contributed by atoms with Crippen molar-refractivity contribution in [2.75, 3.05) is 0 Å². The van der Waals surface area contributed by atoms with E-state index >= 15 is 0 Å². The topological polar surface area (TPSA) is 83.8 Å². The lowest BCUT2D eigenvalue weighted by atomic mass is 9.96. The zero-order chi connectivity index (χ0) is 14.4. The van der Waals surface area contributed by atoms with E-state index in [0.717, 1.165) is 0 Å². The molecule has 1 aliphatic rings. The molecule has 5 heteroatoms. The number of carbonyl (C=O) groups excluding carboxylic acids is 2. The molecule has 5 nitrogen and oxygen atoms in total. The van der Waals surface area contributed by atoms with Crippen molar-refractivity contribution < 1.29 is 24.5 Å². The predicted octanol–water partition coefficient (Wildman–Crippen LogP) is 0.989. The Morgan fingerprint density at radius 1 is 1.32 bits per heavy atom. The van der Waals surface area contributed by atoms with Gasteiger partial charge in [-0.15, -0.1) is 0 Å². The van der Waals surface area contributed by atoms with Crippen LogP contribution >= 0.6 is 0 Å². The molecule has 0 saturated carbocycles. The van der Waals surface area contributed by atoms with Gasteiger partial charge in [0.15, 0.2) is 0 Å². The van der Waals surface area contributed by atoms with Gasteiger partial charge >= 0.3 is 5.97 Å². The number of benzene rings is 1. The fraction of sp³-hybridized carbons (Fsp3) is 0.429. The Balaban J connectivity index is 2.42. The summed E-state index contributed by atoms with van der Waals surface area (Å²) in [5, 5.41) is 20.4. The third kappa shape index (κ3) is 2.05. The monoisotopic (exact) mass is 264 g/mol. The molecule has 1 aromatic carbocycles. The third-order valence-corrected chi connectivity index (χ3v) is 2.95. The van der Waals surface area contributed by atoms with E-state index in [1.165, 1.54) is 12.1 Å². The van der Waals surface area contributed by atoms with E-state index in [2.05, 4.69) is 0 Å². The van der Waals surface area contributed by atoms with Crippen LogP contribution in [0.3, 0.4) is 0 Å². The zero-order valence-corrected chi connectivity index (χ0v) is 11.0. The molecular formula is C14H16O5. The van der Waals surface area contributed by atoms with Crippen molar-refractivity contribution >= 4 is 11.8 Å². The first-order valence-electron chi connectivity index (χ1n) is 5.95. The van der Waals surface area contributed by atoms with Crippen molar-refractivity contribution in [3.63, 3.8) is 0 Å². The van der Waals surface area contributed by atoms with Gasteiger partial charge < -0.3 is 14.9 Å². The molecule has 0 aromatic heterocycles. The molecule has 1 aliphatic carbocycles. The molecule has 2 N–H and O–H groups in total. The van der Waals surface area contributed by atoms with Crippen molar-refractivity contribution in [2.24, 2.45) is 0 Å². The number of esters is 1. The summed E-state index contributed by atoms with van der Waals surface area (Å²) in [6.45, 7) is 4.85. The summed E-state index contributed by atoms with van der Waals surface area (Å²) in [6.07, 6.45) is -1.61.